The number of carbonyl (C=O) groups excluding carboxylic acids is 3. The number of hydrogen-bond acceptors (Lipinski definition) is 7. The van der Waals surface area contributed by atoms with Gasteiger partial charge in [0.25, 0.3) is 16.8 Å². The highest BCUT2D eigenvalue weighted by Crippen LogP contribution is 2.35. The van der Waals surface area contributed by atoms with E-state index in [2.05, 4.69) is 0 Å². The van der Waals surface area contributed by atoms with Gasteiger partial charge in [-0.2, -0.15) is 0 Å². The molecule has 0 unspecified atom stereocenters. The molecule has 0 radical (unpaired) electrons. The van der Waals surface area contributed by atoms with Crippen molar-refractivity contribution in [2.24, 2.45) is 0 Å². The molecule has 0 saturated carbocycles. The Hall–Kier alpha value is -4.18. The monoisotopic (exact) mass is 505 g/mol. The predicted octanol–water partition coefficient (Wildman–Crippen LogP) is 5.42. The molecule has 0 aliphatic carbocycles. The summed E-state index contributed by atoms with van der Waals surface area (Å²) in [6, 6.07) is 14.8. The summed E-state index contributed by atoms with van der Waals surface area (Å²) in [6.45, 7) is 5.94. The second-order valence-corrected chi connectivity index (χ2v) is 9.11. The van der Waals surface area contributed by atoms with Crippen molar-refractivity contribution in [3.05, 3.63) is 97.7 Å². The van der Waals surface area contributed by atoms with Gasteiger partial charge in [-0.1, -0.05) is 12.1 Å². The van der Waals surface area contributed by atoms with Crippen molar-refractivity contribution >= 4 is 40.6 Å². The zero-order valence-corrected chi connectivity index (χ0v) is 20.7. The molecule has 3 aromatic rings. The van der Waals surface area contributed by atoms with Gasteiger partial charge >= 0.3 is 5.97 Å². The van der Waals surface area contributed by atoms with Gasteiger partial charge < -0.3 is 9.30 Å². The lowest BCUT2D eigenvalue weighted by Gasteiger charge is -2.12. The van der Waals surface area contributed by atoms with Gasteiger partial charge in [0.05, 0.1) is 28.5 Å². The molecule has 1 aliphatic heterocycles. The number of nitrogens with zero attached hydrogens (tertiary/aromatic N) is 3. The summed E-state index contributed by atoms with van der Waals surface area (Å²) < 4.78 is 7.03. The number of amides is 2. The number of nitro groups is 1. The molecule has 4 rings (SSSR count). The summed E-state index contributed by atoms with van der Waals surface area (Å²) in [5.74, 6) is -0.790. The standard InChI is InChI=1S/C26H23N3O6S/c1-4-35-25(31)19-7-11-21(12-8-19)28-16(2)13-20(17(28)3)14-23-24(30)27(26(32)36-23)15-18-5-9-22(10-6-18)29(33)34/h5-14H,4,15H2,1-3H3/b23-14-. The Morgan fingerprint density at radius 2 is 1.75 bits per heavy atom. The van der Waals surface area contributed by atoms with Crippen LogP contribution in [-0.4, -0.2) is 38.1 Å². The fourth-order valence-electron chi connectivity index (χ4n) is 3.98. The fraction of sp³-hybridized carbons (Fsp3) is 0.192. The van der Waals surface area contributed by atoms with E-state index < -0.39 is 16.1 Å². The van der Waals surface area contributed by atoms with Crippen molar-refractivity contribution in [1.82, 2.24) is 9.47 Å². The van der Waals surface area contributed by atoms with Crippen LogP contribution in [0.3, 0.4) is 0 Å². The van der Waals surface area contributed by atoms with Crippen LogP contribution in [0, 0.1) is 24.0 Å². The number of esters is 1. The quantitative estimate of drug-likeness (QED) is 0.182. The smallest absolute Gasteiger partial charge is 0.338 e. The van der Waals surface area contributed by atoms with Crippen LogP contribution in [0.4, 0.5) is 10.5 Å². The van der Waals surface area contributed by atoms with Crippen molar-refractivity contribution in [3.8, 4) is 5.69 Å². The molecule has 9 nitrogen and oxygen atoms in total. The minimum absolute atomic E-state index is 0.0336. The van der Waals surface area contributed by atoms with E-state index in [4.69, 9.17) is 4.74 Å². The third kappa shape index (κ3) is 4.94. The average molecular weight is 506 g/mol. The number of rotatable bonds is 7. The van der Waals surface area contributed by atoms with Crippen molar-refractivity contribution in [1.29, 1.82) is 0 Å². The van der Waals surface area contributed by atoms with Crippen LogP contribution in [0.2, 0.25) is 0 Å². The molecule has 36 heavy (non-hydrogen) atoms. The van der Waals surface area contributed by atoms with E-state index in [9.17, 15) is 24.5 Å². The highest BCUT2D eigenvalue weighted by atomic mass is 32.2. The maximum absolute atomic E-state index is 13.0. The molecular weight excluding hydrogens is 482 g/mol. The predicted molar refractivity (Wildman–Crippen MR) is 136 cm³/mol. The minimum Gasteiger partial charge on any atom is -0.462 e. The number of aromatic nitrogens is 1. The maximum atomic E-state index is 13.0. The summed E-state index contributed by atoms with van der Waals surface area (Å²) in [4.78, 5) is 49.2. The van der Waals surface area contributed by atoms with E-state index in [1.165, 1.54) is 24.3 Å². The van der Waals surface area contributed by atoms with Crippen LogP contribution in [0.1, 0.15) is 39.8 Å². The van der Waals surface area contributed by atoms with Gasteiger partial charge in [-0.15, -0.1) is 0 Å². The number of thioether (sulfide) groups is 1. The number of hydrogen-bond donors (Lipinski definition) is 0. The third-order valence-electron chi connectivity index (χ3n) is 5.75. The number of imide groups is 1. The molecule has 1 fully saturated rings. The topological polar surface area (TPSA) is 112 Å². The molecule has 1 aliphatic rings. The number of aryl methyl sites for hydroxylation is 1. The Balaban J connectivity index is 1.55. The van der Waals surface area contributed by atoms with Gasteiger partial charge in [0, 0.05) is 29.2 Å². The molecule has 2 amide bonds. The highest BCUT2D eigenvalue weighted by Gasteiger charge is 2.35. The molecule has 10 heteroatoms. The number of benzene rings is 2. The van der Waals surface area contributed by atoms with E-state index in [0.717, 1.165) is 39.3 Å². The van der Waals surface area contributed by atoms with Crippen LogP contribution < -0.4 is 0 Å². The van der Waals surface area contributed by atoms with Gasteiger partial charge in [-0.05, 0) is 80.1 Å². The van der Waals surface area contributed by atoms with Gasteiger partial charge in [0.1, 0.15) is 0 Å². The summed E-state index contributed by atoms with van der Waals surface area (Å²) >= 11 is 0.863. The van der Waals surface area contributed by atoms with Crippen LogP contribution in [0.5, 0.6) is 0 Å². The lowest BCUT2D eigenvalue weighted by atomic mass is 10.2. The molecule has 184 valence electrons. The highest BCUT2D eigenvalue weighted by molar-refractivity contribution is 8.18. The summed E-state index contributed by atoms with van der Waals surface area (Å²) in [5, 5.41) is 10.4. The maximum Gasteiger partial charge on any atom is 0.338 e. The Labute approximate surface area is 211 Å². The SMILES string of the molecule is CCOC(=O)c1ccc(-n2c(C)cc(/C=C3\SC(=O)N(Cc4ccc([N+](=O)[O-])cc4)C3=O)c2C)cc1. The van der Waals surface area contributed by atoms with Crippen LogP contribution in [0.25, 0.3) is 11.8 Å². The first kappa shape index (κ1) is 24.9. The van der Waals surface area contributed by atoms with E-state index >= 15 is 0 Å². The summed E-state index contributed by atoms with van der Waals surface area (Å²) in [6.07, 6.45) is 1.70. The number of ether oxygens (including phenoxy) is 1. The van der Waals surface area contributed by atoms with E-state index in [-0.39, 0.29) is 18.2 Å². The second kappa shape index (κ2) is 10.2. The van der Waals surface area contributed by atoms with Crippen molar-refractivity contribution in [2.75, 3.05) is 6.61 Å². The number of nitro benzene ring substituents is 1. The largest absolute Gasteiger partial charge is 0.462 e. The Kier molecular flexibility index (Phi) is 7.07. The number of non-ortho nitro benzene ring substituents is 1. The molecule has 0 atom stereocenters. The Morgan fingerprint density at radius 3 is 2.36 bits per heavy atom. The van der Waals surface area contributed by atoms with Crippen LogP contribution in [0.15, 0.2) is 59.5 Å². The lowest BCUT2D eigenvalue weighted by molar-refractivity contribution is -0.384. The second-order valence-electron chi connectivity index (χ2n) is 8.12. The third-order valence-corrected chi connectivity index (χ3v) is 6.66. The summed E-state index contributed by atoms with van der Waals surface area (Å²) in [5.41, 5.74) is 4.47. The van der Waals surface area contributed by atoms with Gasteiger partial charge in [0.15, 0.2) is 0 Å². The van der Waals surface area contributed by atoms with E-state index in [0.29, 0.717) is 22.6 Å². The zero-order valence-electron chi connectivity index (χ0n) is 19.9. The van der Waals surface area contributed by atoms with Crippen molar-refractivity contribution < 1.29 is 24.0 Å². The Bertz CT molecular complexity index is 1390. The normalized spacial score (nSPS) is 14.5. The number of carbonyl (C=O) groups is 3. The van der Waals surface area contributed by atoms with E-state index in [1.807, 2.05) is 36.6 Å². The first-order valence-corrected chi connectivity index (χ1v) is 12.0. The molecule has 2 aromatic carbocycles. The Morgan fingerprint density at radius 1 is 1.08 bits per heavy atom. The van der Waals surface area contributed by atoms with Gasteiger partial charge in [0.2, 0.25) is 0 Å². The average Bonchev–Trinajstić information content (AvgIpc) is 3.28. The fourth-order valence-corrected chi connectivity index (χ4v) is 4.80. The van der Waals surface area contributed by atoms with E-state index in [1.54, 1.807) is 25.1 Å². The molecule has 0 spiro atoms. The molecule has 2 heterocycles. The van der Waals surface area contributed by atoms with Gasteiger partial charge in [-0.25, -0.2) is 4.79 Å². The lowest BCUT2D eigenvalue weighted by Crippen LogP contribution is -2.27. The molecule has 1 aromatic heterocycles. The molecule has 0 bridgehead atoms. The van der Waals surface area contributed by atoms with Crippen LogP contribution >= 0.6 is 11.8 Å². The molecule has 1 saturated heterocycles. The first-order valence-electron chi connectivity index (χ1n) is 11.1. The molecule has 0 N–H and O–H groups in total. The summed E-state index contributed by atoms with van der Waals surface area (Å²) in [7, 11) is 0. The zero-order chi connectivity index (χ0) is 26.0. The first-order chi connectivity index (χ1) is 17.2. The van der Waals surface area contributed by atoms with Crippen molar-refractivity contribution in [2.45, 2.75) is 27.3 Å². The van der Waals surface area contributed by atoms with Gasteiger partial charge in [-0.3, -0.25) is 24.6 Å². The molecular formula is C26H23N3O6S. The van der Waals surface area contributed by atoms with Crippen LogP contribution in [-0.2, 0) is 16.1 Å². The van der Waals surface area contributed by atoms with Crippen molar-refractivity contribution in [3.63, 3.8) is 0 Å². The minimum atomic E-state index is -0.502.